The fourth-order valence-electron chi connectivity index (χ4n) is 4.14. The molecule has 2 saturated heterocycles. The zero-order chi connectivity index (χ0) is 13.1. The first-order valence-electron chi connectivity index (χ1n) is 8.26. The lowest BCUT2D eigenvalue weighted by atomic mass is 9.84. The van der Waals surface area contributed by atoms with Crippen LogP contribution in [0, 0.1) is 5.92 Å². The third-order valence-electron chi connectivity index (χ3n) is 5.20. The summed E-state index contributed by atoms with van der Waals surface area (Å²) >= 11 is 0. The van der Waals surface area contributed by atoms with Crippen molar-refractivity contribution >= 4 is 5.91 Å². The van der Waals surface area contributed by atoms with E-state index in [-0.39, 0.29) is 12.0 Å². The number of likely N-dealkylation sites (tertiary alicyclic amines) is 1. The Morgan fingerprint density at radius 1 is 1.00 bits per heavy atom. The minimum atomic E-state index is -0.119. The molecular formula is C16H27NO2. The number of carbonyl (C=O) groups excluding carboxylic acids is 1. The molecule has 3 nitrogen and oxygen atoms in total. The predicted octanol–water partition coefficient (Wildman–Crippen LogP) is 3.13. The molecule has 0 spiro atoms. The van der Waals surface area contributed by atoms with Crippen LogP contribution in [0.25, 0.3) is 0 Å². The summed E-state index contributed by atoms with van der Waals surface area (Å²) in [6, 6.07) is 0.514. The Morgan fingerprint density at radius 3 is 2.58 bits per heavy atom. The van der Waals surface area contributed by atoms with Gasteiger partial charge >= 0.3 is 0 Å². The van der Waals surface area contributed by atoms with Crippen LogP contribution in [-0.4, -0.2) is 36.1 Å². The molecule has 3 aliphatic rings. The van der Waals surface area contributed by atoms with Crippen molar-refractivity contribution in [3.05, 3.63) is 0 Å². The lowest BCUT2D eigenvalue weighted by Gasteiger charge is -2.31. The Balaban J connectivity index is 1.55. The Kier molecular flexibility index (Phi) is 4.42. The summed E-state index contributed by atoms with van der Waals surface area (Å²) in [6.07, 6.45) is 12.5. The van der Waals surface area contributed by atoms with Crippen molar-refractivity contribution < 1.29 is 9.53 Å². The van der Waals surface area contributed by atoms with E-state index in [9.17, 15) is 4.79 Å². The molecule has 0 bridgehead atoms. The molecule has 0 aromatic rings. The molecule has 2 atom stereocenters. The van der Waals surface area contributed by atoms with Crippen molar-refractivity contribution in [2.45, 2.75) is 76.4 Å². The zero-order valence-electron chi connectivity index (χ0n) is 12.0. The van der Waals surface area contributed by atoms with Gasteiger partial charge in [-0.25, -0.2) is 0 Å². The average molecular weight is 265 g/mol. The van der Waals surface area contributed by atoms with E-state index in [4.69, 9.17) is 4.74 Å². The number of hydrogen-bond donors (Lipinski definition) is 0. The lowest BCUT2D eigenvalue weighted by molar-refractivity contribution is -0.142. The van der Waals surface area contributed by atoms with Gasteiger partial charge in [-0.3, -0.25) is 4.79 Å². The molecule has 0 aromatic carbocycles. The number of rotatable bonds is 3. The fraction of sp³-hybridized carbons (Fsp3) is 0.938. The quantitative estimate of drug-likeness (QED) is 0.784. The molecule has 1 saturated carbocycles. The summed E-state index contributed by atoms with van der Waals surface area (Å²) < 4.78 is 5.57. The molecule has 2 heterocycles. The number of ether oxygens (including phenoxy) is 1. The number of carbonyl (C=O) groups is 1. The summed E-state index contributed by atoms with van der Waals surface area (Å²) in [6.45, 7) is 1.74. The molecule has 2 unspecified atom stereocenters. The van der Waals surface area contributed by atoms with Gasteiger partial charge < -0.3 is 9.64 Å². The summed E-state index contributed by atoms with van der Waals surface area (Å²) in [7, 11) is 0. The second-order valence-electron chi connectivity index (χ2n) is 6.57. The van der Waals surface area contributed by atoms with E-state index in [2.05, 4.69) is 4.90 Å². The number of amides is 1. The first-order valence-corrected chi connectivity index (χ1v) is 8.26. The zero-order valence-corrected chi connectivity index (χ0v) is 12.0. The summed E-state index contributed by atoms with van der Waals surface area (Å²) in [4.78, 5) is 14.7. The molecule has 108 valence electrons. The van der Waals surface area contributed by atoms with Crippen molar-refractivity contribution in [3.8, 4) is 0 Å². The average Bonchev–Trinajstić information content (AvgIpc) is 3.10. The Labute approximate surface area is 116 Å². The van der Waals surface area contributed by atoms with E-state index in [1.54, 1.807) is 0 Å². The van der Waals surface area contributed by atoms with E-state index in [0.29, 0.717) is 6.04 Å². The van der Waals surface area contributed by atoms with Crippen LogP contribution in [0.1, 0.15) is 64.2 Å². The van der Waals surface area contributed by atoms with Gasteiger partial charge in [-0.15, -0.1) is 0 Å². The monoisotopic (exact) mass is 265 g/mol. The van der Waals surface area contributed by atoms with Crippen molar-refractivity contribution in [3.63, 3.8) is 0 Å². The highest BCUT2D eigenvalue weighted by molar-refractivity contribution is 5.81. The van der Waals surface area contributed by atoms with Gasteiger partial charge in [-0.1, -0.05) is 32.1 Å². The van der Waals surface area contributed by atoms with Gasteiger partial charge in [0.2, 0.25) is 0 Å². The lowest BCUT2D eigenvalue weighted by Crippen LogP contribution is -2.42. The van der Waals surface area contributed by atoms with E-state index in [1.807, 2.05) is 0 Å². The molecular weight excluding hydrogens is 238 g/mol. The normalized spacial score (nSPS) is 32.9. The van der Waals surface area contributed by atoms with Crippen molar-refractivity contribution in [2.75, 3.05) is 13.2 Å². The first-order chi connectivity index (χ1) is 9.34. The van der Waals surface area contributed by atoms with Crippen LogP contribution in [-0.2, 0) is 9.53 Å². The van der Waals surface area contributed by atoms with E-state index >= 15 is 0 Å². The maximum absolute atomic E-state index is 12.5. The van der Waals surface area contributed by atoms with Gasteiger partial charge in [0.25, 0.3) is 5.91 Å². The summed E-state index contributed by atoms with van der Waals surface area (Å²) in [5, 5.41) is 0. The molecule has 1 aliphatic carbocycles. The van der Waals surface area contributed by atoms with Gasteiger partial charge in [0.15, 0.2) is 0 Å². The van der Waals surface area contributed by atoms with Crippen LogP contribution in [0.15, 0.2) is 0 Å². The molecule has 2 aliphatic heterocycles. The maximum Gasteiger partial charge on any atom is 0.251 e. The van der Waals surface area contributed by atoms with E-state index in [1.165, 1.54) is 51.4 Å². The molecule has 0 aromatic heterocycles. The maximum atomic E-state index is 12.5. The standard InChI is InChI=1S/C16H27NO2/c18-16(15-9-5-11-19-15)17-10-4-8-14(17)12-13-6-2-1-3-7-13/h13-15H,1-12H2. The molecule has 0 radical (unpaired) electrons. The van der Waals surface area contributed by atoms with Crippen LogP contribution in [0.5, 0.6) is 0 Å². The minimum Gasteiger partial charge on any atom is -0.368 e. The molecule has 19 heavy (non-hydrogen) atoms. The topological polar surface area (TPSA) is 29.5 Å². The van der Waals surface area contributed by atoms with Crippen LogP contribution < -0.4 is 0 Å². The van der Waals surface area contributed by atoms with E-state index in [0.717, 1.165) is 31.9 Å². The Morgan fingerprint density at radius 2 is 1.84 bits per heavy atom. The second-order valence-corrected chi connectivity index (χ2v) is 6.57. The van der Waals surface area contributed by atoms with Gasteiger partial charge in [0, 0.05) is 19.2 Å². The number of nitrogens with zero attached hydrogens (tertiary/aromatic N) is 1. The van der Waals surface area contributed by atoms with Crippen molar-refractivity contribution in [1.82, 2.24) is 4.90 Å². The van der Waals surface area contributed by atoms with Crippen LogP contribution in [0.4, 0.5) is 0 Å². The van der Waals surface area contributed by atoms with Crippen molar-refractivity contribution in [2.24, 2.45) is 5.92 Å². The minimum absolute atomic E-state index is 0.119. The van der Waals surface area contributed by atoms with Crippen LogP contribution >= 0.6 is 0 Å². The Hall–Kier alpha value is -0.570. The van der Waals surface area contributed by atoms with Crippen LogP contribution in [0.3, 0.4) is 0 Å². The highest BCUT2D eigenvalue weighted by Crippen LogP contribution is 2.32. The first kappa shape index (κ1) is 13.4. The van der Waals surface area contributed by atoms with Gasteiger partial charge in [0.1, 0.15) is 6.10 Å². The smallest absolute Gasteiger partial charge is 0.251 e. The van der Waals surface area contributed by atoms with Crippen molar-refractivity contribution in [1.29, 1.82) is 0 Å². The highest BCUT2D eigenvalue weighted by Gasteiger charge is 2.36. The third kappa shape index (κ3) is 3.13. The molecule has 3 heteroatoms. The predicted molar refractivity (Wildman–Crippen MR) is 74.9 cm³/mol. The van der Waals surface area contributed by atoms with Gasteiger partial charge in [-0.2, -0.15) is 0 Å². The molecule has 3 rings (SSSR count). The van der Waals surface area contributed by atoms with E-state index < -0.39 is 0 Å². The molecule has 1 amide bonds. The second kappa shape index (κ2) is 6.25. The summed E-state index contributed by atoms with van der Waals surface area (Å²) in [5.74, 6) is 1.16. The SMILES string of the molecule is O=C(C1CCCO1)N1CCCC1CC1CCCCC1. The summed E-state index contributed by atoms with van der Waals surface area (Å²) in [5.41, 5.74) is 0. The fourth-order valence-corrected chi connectivity index (χ4v) is 4.14. The molecule has 0 N–H and O–H groups in total. The van der Waals surface area contributed by atoms with Crippen LogP contribution in [0.2, 0.25) is 0 Å². The van der Waals surface area contributed by atoms with Gasteiger partial charge in [0.05, 0.1) is 0 Å². The van der Waals surface area contributed by atoms with Gasteiger partial charge in [-0.05, 0) is 38.0 Å². The molecule has 3 fully saturated rings. The highest BCUT2D eigenvalue weighted by atomic mass is 16.5. The largest absolute Gasteiger partial charge is 0.368 e. The number of hydrogen-bond acceptors (Lipinski definition) is 2. The third-order valence-corrected chi connectivity index (χ3v) is 5.20. The Bertz CT molecular complexity index is 306.